The van der Waals surface area contributed by atoms with E-state index in [-0.39, 0.29) is 10.8 Å². The first-order chi connectivity index (χ1) is 8.50. The Morgan fingerprint density at radius 1 is 1.21 bits per heavy atom. The van der Waals surface area contributed by atoms with E-state index >= 15 is 0 Å². The predicted molar refractivity (Wildman–Crippen MR) is 75.3 cm³/mol. The molecular weight excluding hydrogens is 271 g/mol. The van der Waals surface area contributed by atoms with Gasteiger partial charge in [-0.15, -0.1) is 0 Å². The molecule has 0 aliphatic rings. The first kappa shape index (κ1) is 16.4. The summed E-state index contributed by atoms with van der Waals surface area (Å²) in [4.78, 5) is 0. The Morgan fingerprint density at radius 2 is 1.79 bits per heavy atom. The molecule has 1 aromatic carbocycles. The van der Waals surface area contributed by atoms with Gasteiger partial charge in [0.25, 0.3) is 0 Å². The van der Waals surface area contributed by atoms with E-state index in [4.69, 9.17) is 5.73 Å². The van der Waals surface area contributed by atoms with E-state index in [1.807, 2.05) is 0 Å². The molecule has 0 heterocycles. The van der Waals surface area contributed by atoms with Crippen LogP contribution in [-0.4, -0.2) is 10.5 Å². The number of aryl methyl sites for hydroxylation is 1. The Labute approximate surface area is 116 Å². The van der Waals surface area contributed by atoms with Crippen LogP contribution < -0.4 is 5.73 Å². The van der Waals surface area contributed by atoms with Crippen molar-refractivity contribution in [3.8, 4) is 0 Å². The van der Waals surface area contributed by atoms with E-state index in [0.717, 1.165) is 17.7 Å². The fourth-order valence-electron chi connectivity index (χ4n) is 1.70. The summed E-state index contributed by atoms with van der Waals surface area (Å²) in [6.45, 7) is 7.93. The third kappa shape index (κ3) is 5.07. The van der Waals surface area contributed by atoms with Gasteiger partial charge in [-0.1, -0.05) is 26.8 Å². The number of nitrogens with two attached hydrogens (primary N) is 1. The molecule has 1 nitrogen and oxygen atoms in total. The third-order valence-electron chi connectivity index (χ3n) is 2.69. The molecule has 0 spiro atoms. The molecule has 2 N–H and O–H groups in total. The molecule has 108 valence electrons. The summed E-state index contributed by atoms with van der Waals surface area (Å²) in [5, 5.41) is 0. The van der Waals surface area contributed by atoms with E-state index in [1.54, 1.807) is 18.7 Å². The van der Waals surface area contributed by atoms with Gasteiger partial charge in [-0.25, -0.2) is 0 Å². The lowest BCUT2D eigenvalue weighted by Crippen LogP contribution is -2.19. The Hall–Kier alpha value is -0.680. The highest BCUT2D eigenvalue weighted by molar-refractivity contribution is 8.00. The molecule has 1 unspecified atom stereocenters. The lowest BCUT2D eigenvalue weighted by atomic mass is 10.0. The standard InChI is InChI=1S/C14H20F3NS/c1-9-7-10(14(15,16)17)5-6-11(9)12(18)8-19-13(2,3)4/h5-7,12H,8,18H2,1-4H3. The second-order valence-corrected chi connectivity index (χ2v) is 7.45. The number of hydrogen-bond acceptors (Lipinski definition) is 2. The Kier molecular flexibility index (Phi) is 4.96. The maximum absolute atomic E-state index is 12.6. The fraction of sp³-hybridized carbons (Fsp3) is 0.571. The van der Waals surface area contributed by atoms with Crippen LogP contribution in [-0.2, 0) is 6.18 Å². The minimum atomic E-state index is -4.30. The molecule has 0 saturated carbocycles. The van der Waals surface area contributed by atoms with Crippen molar-refractivity contribution in [3.63, 3.8) is 0 Å². The zero-order valence-corrected chi connectivity index (χ0v) is 12.5. The van der Waals surface area contributed by atoms with Gasteiger partial charge in [-0.05, 0) is 30.2 Å². The molecule has 0 radical (unpaired) electrons. The zero-order valence-electron chi connectivity index (χ0n) is 11.6. The molecule has 1 rings (SSSR count). The number of alkyl halides is 3. The lowest BCUT2D eigenvalue weighted by molar-refractivity contribution is -0.137. The zero-order chi connectivity index (χ0) is 14.8. The molecule has 1 aromatic rings. The predicted octanol–water partition coefficient (Wildman–Crippen LogP) is 4.55. The quantitative estimate of drug-likeness (QED) is 0.884. The summed E-state index contributed by atoms with van der Waals surface area (Å²) >= 11 is 1.71. The SMILES string of the molecule is Cc1cc(C(F)(F)F)ccc1C(N)CSC(C)(C)C. The monoisotopic (exact) mass is 291 g/mol. The number of halogens is 3. The molecule has 0 bridgehead atoms. The smallest absolute Gasteiger partial charge is 0.323 e. The van der Waals surface area contributed by atoms with Crippen molar-refractivity contribution in [2.24, 2.45) is 5.73 Å². The maximum Gasteiger partial charge on any atom is 0.416 e. The van der Waals surface area contributed by atoms with E-state index in [0.29, 0.717) is 11.3 Å². The second kappa shape index (κ2) is 5.75. The van der Waals surface area contributed by atoms with Crippen LogP contribution in [0.25, 0.3) is 0 Å². The molecule has 5 heteroatoms. The third-order valence-corrected chi connectivity index (χ3v) is 4.08. The Balaban J connectivity index is 2.85. The van der Waals surface area contributed by atoms with Crippen molar-refractivity contribution in [2.45, 2.75) is 44.7 Å². The normalized spacial score (nSPS) is 14.5. The van der Waals surface area contributed by atoms with Gasteiger partial charge in [0.2, 0.25) is 0 Å². The van der Waals surface area contributed by atoms with Crippen molar-refractivity contribution in [2.75, 3.05) is 5.75 Å². The van der Waals surface area contributed by atoms with Crippen LogP contribution in [0.15, 0.2) is 18.2 Å². The highest BCUT2D eigenvalue weighted by Gasteiger charge is 2.31. The molecule has 0 amide bonds. The molecule has 0 aliphatic carbocycles. The summed E-state index contributed by atoms with van der Waals surface area (Å²) in [5.41, 5.74) is 6.82. The van der Waals surface area contributed by atoms with Crippen molar-refractivity contribution in [1.82, 2.24) is 0 Å². The topological polar surface area (TPSA) is 26.0 Å². The minimum Gasteiger partial charge on any atom is -0.323 e. The molecular formula is C14H20F3NS. The van der Waals surface area contributed by atoms with Crippen LogP contribution >= 0.6 is 11.8 Å². The molecule has 19 heavy (non-hydrogen) atoms. The average molecular weight is 291 g/mol. The van der Waals surface area contributed by atoms with Crippen LogP contribution in [0, 0.1) is 6.92 Å². The Morgan fingerprint density at radius 3 is 2.21 bits per heavy atom. The van der Waals surface area contributed by atoms with Crippen LogP contribution in [0.1, 0.15) is 43.5 Å². The van der Waals surface area contributed by atoms with Gasteiger partial charge in [0.15, 0.2) is 0 Å². The molecule has 0 aromatic heterocycles. The van der Waals surface area contributed by atoms with Gasteiger partial charge in [0.1, 0.15) is 0 Å². The molecule has 0 aliphatic heterocycles. The van der Waals surface area contributed by atoms with Crippen LogP contribution in [0.4, 0.5) is 13.2 Å². The first-order valence-electron chi connectivity index (χ1n) is 6.08. The van der Waals surface area contributed by atoms with Crippen LogP contribution in [0.5, 0.6) is 0 Å². The largest absolute Gasteiger partial charge is 0.416 e. The van der Waals surface area contributed by atoms with Gasteiger partial charge >= 0.3 is 6.18 Å². The molecule has 0 fully saturated rings. The molecule has 1 atom stereocenters. The highest BCUT2D eigenvalue weighted by atomic mass is 32.2. The number of rotatable bonds is 3. The average Bonchev–Trinajstić information content (AvgIpc) is 2.23. The van der Waals surface area contributed by atoms with Gasteiger partial charge in [-0.2, -0.15) is 24.9 Å². The van der Waals surface area contributed by atoms with E-state index < -0.39 is 11.7 Å². The van der Waals surface area contributed by atoms with Gasteiger partial charge < -0.3 is 5.73 Å². The van der Waals surface area contributed by atoms with Gasteiger partial charge in [0, 0.05) is 16.5 Å². The van der Waals surface area contributed by atoms with Crippen LogP contribution in [0.2, 0.25) is 0 Å². The fourth-order valence-corrected chi connectivity index (χ4v) is 2.56. The van der Waals surface area contributed by atoms with E-state index in [2.05, 4.69) is 20.8 Å². The second-order valence-electron chi connectivity index (χ2n) is 5.60. The summed E-state index contributed by atoms with van der Waals surface area (Å²) in [7, 11) is 0. The number of benzene rings is 1. The summed E-state index contributed by atoms with van der Waals surface area (Å²) in [6.07, 6.45) is -4.30. The van der Waals surface area contributed by atoms with Crippen molar-refractivity contribution in [1.29, 1.82) is 0 Å². The number of thioether (sulfide) groups is 1. The van der Waals surface area contributed by atoms with E-state index in [1.165, 1.54) is 6.07 Å². The summed E-state index contributed by atoms with van der Waals surface area (Å²) < 4.78 is 37.8. The summed E-state index contributed by atoms with van der Waals surface area (Å²) in [5.74, 6) is 0.690. The first-order valence-corrected chi connectivity index (χ1v) is 7.06. The van der Waals surface area contributed by atoms with Crippen molar-refractivity contribution < 1.29 is 13.2 Å². The van der Waals surface area contributed by atoms with Gasteiger partial charge in [0.05, 0.1) is 5.56 Å². The lowest BCUT2D eigenvalue weighted by Gasteiger charge is -2.22. The molecule has 0 saturated heterocycles. The van der Waals surface area contributed by atoms with E-state index in [9.17, 15) is 13.2 Å². The highest BCUT2D eigenvalue weighted by Crippen LogP contribution is 2.33. The number of hydrogen-bond donors (Lipinski definition) is 1. The van der Waals surface area contributed by atoms with Gasteiger partial charge in [-0.3, -0.25) is 0 Å². The summed E-state index contributed by atoms with van der Waals surface area (Å²) in [6, 6.07) is 3.51. The van der Waals surface area contributed by atoms with Crippen molar-refractivity contribution >= 4 is 11.8 Å². The van der Waals surface area contributed by atoms with Crippen LogP contribution in [0.3, 0.4) is 0 Å². The van der Waals surface area contributed by atoms with Crippen molar-refractivity contribution in [3.05, 3.63) is 34.9 Å². The maximum atomic E-state index is 12.6. The minimum absolute atomic E-state index is 0.0947. The Bertz CT molecular complexity index is 435.